The zero-order valence-electron chi connectivity index (χ0n) is 12.0. The van der Waals surface area contributed by atoms with Crippen molar-refractivity contribution in [2.75, 3.05) is 0 Å². The molecule has 0 aromatic heterocycles. The Morgan fingerprint density at radius 2 is 1.05 bits per heavy atom. The number of hydrogen-bond donors (Lipinski definition) is 0. The van der Waals surface area contributed by atoms with Gasteiger partial charge in [-0.1, -0.05) is 24.3 Å². The smallest absolute Gasteiger partial charge is 0.545 e. The minimum atomic E-state index is -1.37. The van der Waals surface area contributed by atoms with Crippen molar-refractivity contribution in [1.29, 1.82) is 0 Å². The molecule has 0 amide bonds. The second-order valence-corrected chi connectivity index (χ2v) is 4.42. The Kier molecular flexibility index (Phi) is 6.15. The van der Waals surface area contributed by atoms with Crippen molar-refractivity contribution in [3.8, 4) is 11.1 Å². The van der Waals surface area contributed by atoms with E-state index < -0.39 is 17.7 Å². The predicted octanol–water partition coefficient (Wildman–Crippen LogP) is -6.37. The van der Waals surface area contributed by atoms with E-state index in [0.29, 0.717) is 11.1 Å². The Bertz CT molecular complexity index is 733. The van der Waals surface area contributed by atoms with Crippen molar-refractivity contribution >= 4 is 17.7 Å². The molecule has 1 aliphatic rings. The molecule has 5 nitrogen and oxygen atoms in total. The first kappa shape index (κ1) is 19.1. The summed E-state index contributed by atoms with van der Waals surface area (Å²) in [5, 5.41) is 21.6. The second kappa shape index (κ2) is 7.08. The number of carboxylic acids is 2. The summed E-state index contributed by atoms with van der Waals surface area (Å²) in [5.74, 6) is -3.14. The van der Waals surface area contributed by atoms with Gasteiger partial charge in [0.25, 0.3) is 0 Å². The Hall–Kier alpha value is -0.950. The van der Waals surface area contributed by atoms with Crippen LogP contribution in [0.4, 0.5) is 0 Å². The van der Waals surface area contributed by atoms with Crippen molar-refractivity contribution in [2.24, 2.45) is 0 Å². The molecule has 98 valence electrons. The van der Waals surface area contributed by atoms with Gasteiger partial charge in [0.1, 0.15) is 0 Å². The van der Waals surface area contributed by atoms with E-state index >= 15 is 0 Å². The first-order chi connectivity index (χ1) is 9.49. The van der Waals surface area contributed by atoms with Crippen LogP contribution in [0, 0.1) is 0 Å². The number of fused-ring (bicyclic) bond motifs is 3. The summed E-state index contributed by atoms with van der Waals surface area (Å²) in [6.07, 6.45) is 0. The largest absolute Gasteiger partial charge is 1.00 e. The molecule has 1 aliphatic carbocycles. The minimum absolute atomic E-state index is 0. The quantitative estimate of drug-likeness (QED) is 0.439. The van der Waals surface area contributed by atoms with Crippen molar-refractivity contribution in [3.63, 3.8) is 0 Å². The predicted molar refractivity (Wildman–Crippen MR) is 64.0 cm³/mol. The van der Waals surface area contributed by atoms with Gasteiger partial charge in [-0.25, -0.2) is 0 Å². The Labute approximate surface area is 169 Å². The molecule has 0 aliphatic heterocycles. The molecule has 3 rings (SSSR count). The fourth-order valence-corrected chi connectivity index (χ4v) is 2.33. The normalized spacial score (nSPS) is 10.8. The number of benzene rings is 2. The van der Waals surface area contributed by atoms with Gasteiger partial charge in [0, 0.05) is 11.1 Å². The molecule has 0 spiro atoms. The van der Waals surface area contributed by atoms with Crippen molar-refractivity contribution in [3.05, 3.63) is 58.7 Å². The zero-order chi connectivity index (χ0) is 14.4. The Balaban J connectivity index is 0.00000121. The van der Waals surface area contributed by atoms with Crippen LogP contribution in [0.3, 0.4) is 0 Å². The molecule has 2 aromatic rings. The number of carbonyl (C=O) groups excluding carboxylic acids is 3. The maximum absolute atomic E-state index is 12.2. The SMILES string of the molecule is O=C([O-])c1ccc2c(c1)C(=O)c1cc(C(=O)[O-])ccc1-2.[Na+].[Na+]. The van der Waals surface area contributed by atoms with Gasteiger partial charge >= 0.3 is 59.1 Å². The standard InChI is InChI=1S/C15H8O5.2Na/c16-13-11-5-7(14(17)18)1-3-9(11)10-4-2-8(15(19)20)6-12(10)13;;/h1-6H,(H,17,18)(H,19,20);;/q;2*+1/p-2. The number of carboxylic acid groups (broad SMARTS) is 2. The fourth-order valence-electron chi connectivity index (χ4n) is 2.33. The molecular formula is C15H6Na2O5. The van der Waals surface area contributed by atoms with E-state index in [9.17, 15) is 24.6 Å². The number of aromatic carboxylic acids is 2. The third-order valence-corrected chi connectivity index (χ3v) is 3.29. The van der Waals surface area contributed by atoms with Crippen LogP contribution in [-0.4, -0.2) is 17.7 Å². The summed E-state index contributed by atoms with van der Waals surface area (Å²) in [6.45, 7) is 0. The molecule has 0 unspecified atom stereocenters. The summed E-state index contributed by atoms with van der Waals surface area (Å²) < 4.78 is 0. The molecule has 0 N–H and O–H groups in total. The maximum Gasteiger partial charge on any atom is 1.00 e. The number of rotatable bonds is 2. The third kappa shape index (κ3) is 3.06. The van der Waals surface area contributed by atoms with Crippen LogP contribution in [0.25, 0.3) is 11.1 Å². The van der Waals surface area contributed by atoms with Gasteiger partial charge in [0.15, 0.2) is 5.78 Å². The van der Waals surface area contributed by atoms with E-state index in [4.69, 9.17) is 0 Å². The van der Waals surface area contributed by atoms with Gasteiger partial charge in [-0.15, -0.1) is 0 Å². The monoisotopic (exact) mass is 312 g/mol. The molecule has 0 bridgehead atoms. The van der Waals surface area contributed by atoms with Crippen molar-refractivity contribution < 1.29 is 83.7 Å². The summed E-state index contributed by atoms with van der Waals surface area (Å²) in [5.41, 5.74) is 1.45. The van der Waals surface area contributed by atoms with E-state index in [0.717, 1.165) is 0 Å². The van der Waals surface area contributed by atoms with Gasteiger partial charge in [-0.3, -0.25) is 4.79 Å². The number of hydrogen-bond acceptors (Lipinski definition) is 5. The Morgan fingerprint density at radius 1 is 0.682 bits per heavy atom. The van der Waals surface area contributed by atoms with Gasteiger partial charge in [-0.05, 0) is 34.4 Å². The van der Waals surface area contributed by atoms with Crippen LogP contribution in [-0.2, 0) is 0 Å². The molecule has 7 heteroatoms. The molecule has 0 atom stereocenters. The number of ketones is 1. The molecular weight excluding hydrogens is 306 g/mol. The summed E-state index contributed by atoms with van der Waals surface area (Å²) in [6, 6.07) is 8.22. The zero-order valence-corrected chi connectivity index (χ0v) is 16.0. The van der Waals surface area contributed by atoms with Gasteiger partial charge in [0.2, 0.25) is 0 Å². The molecule has 22 heavy (non-hydrogen) atoms. The van der Waals surface area contributed by atoms with Crippen LogP contribution in [0.15, 0.2) is 36.4 Å². The second-order valence-electron chi connectivity index (χ2n) is 4.42. The first-order valence-electron chi connectivity index (χ1n) is 5.75. The molecule has 0 saturated heterocycles. The van der Waals surface area contributed by atoms with Crippen LogP contribution in [0.2, 0.25) is 0 Å². The molecule has 0 saturated carbocycles. The Morgan fingerprint density at radius 3 is 1.36 bits per heavy atom. The molecule has 0 heterocycles. The van der Waals surface area contributed by atoms with Crippen molar-refractivity contribution in [2.45, 2.75) is 0 Å². The van der Waals surface area contributed by atoms with E-state index in [2.05, 4.69) is 0 Å². The summed E-state index contributed by atoms with van der Waals surface area (Å²) in [7, 11) is 0. The maximum atomic E-state index is 12.2. The topological polar surface area (TPSA) is 97.3 Å². The van der Waals surface area contributed by atoms with Crippen molar-refractivity contribution in [1.82, 2.24) is 0 Å². The van der Waals surface area contributed by atoms with E-state index in [1.807, 2.05) is 0 Å². The van der Waals surface area contributed by atoms with Crippen LogP contribution in [0.5, 0.6) is 0 Å². The molecule has 0 radical (unpaired) electrons. The third-order valence-electron chi connectivity index (χ3n) is 3.29. The van der Waals surface area contributed by atoms with Gasteiger partial charge in [0.05, 0.1) is 11.9 Å². The van der Waals surface area contributed by atoms with E-state index in [-0.39, 0.29) is 81.4 Å². The summed E-state index contributed by atoms with van der Waals surface area (Å²) >= 11 is 0. The van der Waals surface area contributed by atoms with E-state index in [1.165, 1.54) is 36.4 Å². The van der Waals surface area contributed by atoms with Crippen LogP contribution >= 0.6 is 0 Å². The fraction of sp³-hybridized carbons (Fsp3) is 0. The van der Waals surface area contributed by atoms with Crippen LogP contribution in [0.1, 0.15) is 36.6 Å². The van der Waals surface area contributed by atoms with Crippen LogP contribution < -0.4 is 69.3 Å². The average molecular weight is 312 g/mol. The van der Waals surface area contributed by atoms with Gasteiger partial charge in [-0.2, -0.15) is 0 Å². The molecule has 2 aromatic carbocycles. The van der Waals surface area contributed by atoms with E-state index in [1.54, 1.807) is 0 Å². The average Bonchev–Trinajstić information content (AvgIpc) is 2.71. The number of carbonyl (C=O) groups is 3. The minimum Gasteiger partial charge on any atom is -0.545 e. The van der Waals surface area contributed by atoms with Gasteiger partial charge < -0.3 is 19.8 Å². The summed E-state index contributed by atoms with van der Waals surface area (Å²) in [4.78, 5) is 33.8. The molecule has 0 fully saturated rings. The first-order valence-corrected chi connectivity index (χ1v) is 5.75.